The van der Waals surface area contributed by atoms with Gasteiger partial charge in [-0.05, 0) is 73.6 Å². The molecular formula is C27H32N2O4S. The summed E-state index contributed by atoms with van der Waals surface area (Å²) in [5.74, 6) is 0.906. The van der Waals surface area contributed by atoms with Gasteiger partial charge in [-0.3, -0.25) is 4.68 Å². The van der Waals surface area contributed by atoms with Crippen molar-refractivity contribution in [2.75, 3.05) is 26.6 Å². The Bertz CT molecular complexity index is 1070. The zero-order chi connectivity index (χ0) is 23.9. The van der Waals surface area contributed by atoms with Crippen molar-refractivity contribution in [1.29, 1.82) is 0 Å². The van der Waals surface area contributed by atoms with E-state index in [1.807, 2.05) is 18.2 Å². The number of thioether (sulfide) groups is 1. The average Bonchev–Trinajstić information content (AvgIpc) is 3.23. The Hall–Kier alpha value is -2.77. The Balaban J connectivity index is 1.59. The van der Waals surface area contributed by atoms with E-state index in [0.717, 1.165) is 54.3 Å². The van der Waals surface area contributed by atoms with E-state index < -0.39 is 5.97 Å². The standard InChI is InChI=1S/C27H32N2O4S/c1-32-23-14-12-22(13-15-23)26-25(21-6-4-3-5-7-21)27(34-2)28-29(26)16-19-8-10-20(11-9-19)17-33-18-24(30)31/h3-7,12-15,19-20H,8-11,16-18H2,1-2H3,(H,30,31)/t19-,20-. The summed E-state index contributed by atoms with van der Waals surface area (Å²) in [5.41, 5.74) is 4.62. The number of aliphatic carboxylic acids is 1. The quantitative estimate of drug-likeness (QED) is 0.367. The number of nitrogens with zero attached hydrogens (tertiary/aromatic N) is 2. The molecule has 1 heterocycles. The highest BCUT2D eigenvalue weighted by Gasteiger charge is 2.26. The summed E-state index contributed by atoms with van der Waals surface area (Å²) < 4.78 is 12.9. The predicted octanol–water partition coefficient (Wildman–Crippen LogP) is 5.86. The number of ether oxygens (including phenoxy) is 2. The summed E-state index contributed by atoms with van der Waals surface area (Å²) in [5, 5.41) is 14.9. The molecule has 1 aromatic heterocycles. The van der Waals surface area contributed by atoms with E-state index >= 15 is 0 Å². The Labute approximate surface area is 205 Å². The first kappa shape index (κ1) is 24.4. The van der Waals surface area contributed by atoms with Crippen LogP contribution < -0.4 is 4.74 Å². The van der Waals surface area contributed by atoms with Gasteiger partial charge in [0.15, 0.2) is 0 Å². The average molecular weight is 481 g/mol. The molecular weight excluding hydrogens is 448 g/mol. The normalized spacial score (nSPS) is 18.1. The van der Waals surface area contributed by atoms with Crippen molar-refractivity contribution in [3.63, 3.8) is 0 Å². The second-order valence-corrected chi connectivity index (χ2v) is 9.60. The lowest BCUT2D eigenvalue weighted by Crippen LogP contribution is -2.23. The summed E-state index contributed by atoms with van der Waals surface area (Å²) >= 11 is 1.68. The molecule has 4 rings (SSSR count). The minimum Gasteiger partial charge on any atom is -0.497 e. The van der Waals surface area contributed by atoms with Crippen LogP contribution in [0.2, 0.25) is 0 Å². The van der Waals surface area contributed by atoms with Crippen LogP contribution in [0.25, 0.3) is 22.4 Å². The van der Waals surface area contributed by atoms with Crippen LogP contribution in [0.4, 0.5) is 0 Å². The molecule has 0 spiro atoms. The molecule has 180 valence electrons. The number of hydrogen-bond donors (Lipinski definition) is 1. The molecule has 0 unspecified atom stereocenters. The van der Waals surface area contributed by atoms with Gasteiger partial charge in [-0.1, -0.05) is 30.3 Å². The highest BCUT2D eigenvalue weighted by molar-refractivity contribution is 7.98. The number of carboxylic acid groups (broad SMARTS) is 1. The third-order valence-electron chi connectivity index (χ3n) is 6.52. The van der Waals surface area contributed by atoms with Crippen molar-refractivity contribution < 1.29 is 19.4 Å². The lowest BCUT2D eigenvalue weighted by molar-refractivity contribution is -0.142. The van der Waals surface area contributed by atoms with Gasteiger partial charge in [0.25, 0.3) is 0 Å². The van der Waals surface area contributed by atoms with Gasteiger partial charge in [0.2, 0.25) is 0 Å². The number of hydrogen-bond acceptors (Lipinski definition) is 5. The van der Waals surface area contributed by atoms with Crippen LogP contribution in [0.1, 0.15) is 25.7 Å². The van der Waals surface area contributed by atoms with Gasteiger partial charge in [-0.15, -0.1) is 11.8 Å². The van der Waals surface area contributed by atoms with Crippen molar-refractivity contribution in [2.45, 2.75) is 37.3 Å². The Morgan fingerprint density at radius 2 is 1.71 bits per heavy atom. The summed E-state index contributed by atoms with van der Waals surface area (Å²) in [6.45, 7) is 1.19. The van der Waals surface area contributed by atoms with Crippen molar-refractivity contribution in [3.8, 4) is 28.1 Å². The number of methoxy groups -OCH3 is 1. The molecule has 1 fully saturated rings. The van der Waals surface area contributed by atoms with Crippen LogP contribution in [-0.2, 0) is 16.1 Å². The lowest BCUT2D eigenvalue weighted by Gasteiger charge is -2.28. The minimum atomic E-state index is -0.905. The Kier molecular flexibility index (Phi) is 8.29. The summed E-state index contributed by atoms with van der Waals surface area (Å²) in [4.78, 5) is 10.7. The van der Waals surface area contributed by atoms with Gasteiger partial charge in [0.05, 0.1) is 19.4 Å². The largest absolute Gasteiger partial charge is 0.497 e. The van der Waals surface area contributed by atoms with Crippen LogP contribution >= 0.6 is 11.8 Å². The van der Waals surface area contributed by atoms with Gasteiger partial charge >= 0.3 is 5.97 Å². The van der Waals surface area contributed by atoms with Crippen molar-refractivity contribution >= 4 is 17.7 Å². The molecule has 2 aromatic carbocycles. The van der Waals surface area contributed by atoms with Crippen molar-refractivity contribution in [2.24, 2.45) is 11.8 Å². The molecule has 7 heteroatoms. The van der Waals surface area contributed by atoms with Crippen LogP contribution in [0, 0.1) is 11.8 Å². The number of carboxylic acids is 1. The first-order valence-corrected chi connectivity index (χ1v) is 13.0. The molecule has 0 saturated heterocycles. The molecule has 0 amide bonds. The van der Waals surface area contributed by atoms with E-state index in [0.29, 0.717) is 18.4 Å². The maximum absolute atomic E-state index is 10.7. The molecule has 3 aromatic rings. The SMILES string of the molecule is COc1ccc(-c2c(-c3ccccc3)c(SC)nn2C[C@H]2CC[C@H](COCC(=O)O)CC2)cc1. The van der Waals surface area contributed by atoms with Crippen molar-refractivity contribution in [1.82, 2.24) is 9.78 Å². The summed E-state index contributed by atoms with van der Waals surface area (Å²) in [6, 6.07) is 18.7. The van der Waals surface area contributed by atoms with Crippen LogP contribution in [0.3, 0.4) is 0 Å². The molecule has 0 bridgehead atoms. The van der Waals surface area contributed by atoms with Gasteiger partial charge in [0.1, 0.15) is 17.4 Å². The summed E-state index contributed by atoms with van der Waals surface area (Å²) in [6.07, 6.45) is 6.39. The maximum atomic E-state index is 10.7. The van der Waals surface area contributed by atoms with E-state index in [1.165, 1.54) is 11.1 Å². The molecule has 0 aliphatic heterocycles. The third kappa shape index (κ3) is 5.83. The zero-order valence-electron chi connectivity index (χ0n) is 19.8. The predicted molar refractivity (Wildman–Crippen MR) is 135 cm³/mol. The second kappa shape index (κ2) is 11.6. The highest BCUT2D eigenvalue weighted by Crippen LogP contribution is 2.40. The van der Waals surface area contributed by atoms with E-state index in [-0.39, 0.29) is 6.61 Å². The van der Waals surface area contributed by atoms with Gasteiger partial charge in [-0.25, -0.2) is 4.79 Å². The fraction of sp³-hybridized carbons (Fsp3) is 0.407. The highest BCUT2D eigenvalue weighted by atomic mass is 32.2. The van der Waals surface area contributed by atoms with Crippen LogP contribution in [-0.4, -0.2) is 47.4 Å². The van der Waals surface area contributed by atoms with E-state index in [4.69, 9.17) is 19.7 Å². The van der Waals surface area contributed by atoms with Gasteiger partial charge in [0, 0.05) is 17.7 Å². The lowest BCUT2D eigenvalue weighted by atomic mass is 9.82. The number of benzene rings is 2. The maximum Gasteiger partial charge on any atom is 0.329 e. The Morgan fingerprint density at radius 1 is 1.03 bits per heavy atom. The molecule has 1 saturated carbocycles. The smallest absolute Gasteiger partial charge is 0.329 e. The number of carbonyl (C=O) groups is 1. The fourth-order valence-electron chi connectivity index (χ4n) is 4.76. The topological polar surface area (TPSA) is 73.6 Å². The number of aromatic nitrogens is 2. The summed E-state index contributed by atoms with van der Waals surface area (Å²) in [7, 11) is 1.68. The molecule has 34 heavy (non-hydrogen) atoms. The van der Waals surface area contributed by atoms with E-state index in [1.54, 1.807) is 18.9 Å². The Morgan fingerprint density at radius 3 is 2.32 bits per heavy atom. The van der Waals surface area contributed by atoms with Crippen molar-refractivity contribution in [3.05, 3.63) is 54.6 Å². The number of rotatable bonds is 10. The van der Waals surface area contributed by atoms with Crippen LogP contribution in [0.5, 0.6) is 5.75 Å². The molecule has 1 aliphatic rings. The van der Waals surface area contributed by atoms with Gasteiger partial charge in [-0.2, -0.15) is 5.10 Å². The molecule has 0 atom stereocenters. The first-order valence-electron chi connectivity index (χ1n) is 11.7. The molecule has 0 radical (unpaired) electrons. The molecule has 6 nitrogen and oxygen atoms in total. The fourth-order valence-corrected chi connectivity index (χ4v) is 5.36. The third-order valence-corrected chi connectivity index (χ3v) is 7.19. The zero-order valence-corrected chi connectivity index (χ0v) is 20.6. The second-order valence-electron chi connectivity index (χ2n) is 8.81. The van der Waals surface area contributed by atoms with Crippen LogP contribution in [0.15, 0.2) is 59.6 Å². The van der Waals surface area contributed by atoms with Gasteiger partial charge < -0.3 is 14.6 Å². The molecule has 1 N–H and O–H groups in total. The minimum absolute atomic E-state index is 0.210. The first-order chi connectivity index (χ1) is 16.6. The monoisotopic (exact) mass is 480 g/mol. The molecule has 1 aliphatic carbocycles. The van der Waals surface area contributed by atoms with E-state index in [9.17, 15) is 4.79 Å². The van der Waals surface area contributed by atoms with E-state index in [2.05, 4.69) is 47.3 Å².